The largest absolute Gasteiger partial charge is 0.357 e. The Morgan fingerprint density at radius 3 is 2.66 bits per heavy atom. The van der Waals surface area contributed by atoms with Crippen LogP contribution in [0.15, 0.2) is 42.5 Å². The highest BCUT2D eigenvalue weighted by Gasteiger charge is 2.28. The first kappa shape index (κ1) is 20.4. The fourth-order valence-electron chi connectivity index (χ4n) is 3.32. The molecule has 0 fully saturated rings. The molecule has 29 heavy (non-hydrogen) atoms. The van der Waals surface area contributed by atoms with Crippen molar-refractivity contribution >= 4 is 23.4 Å². The van der Waals surface area contributed by atoms with Crippen LogP contribution in [0, 0.1) is 17.6 Å². The molecular formula is C21H21F2N3O3. The van der Waals surface area contributed by atoms with E-state index in [-0.39, 0.29) is 23.8 Å². The Kier molecular flexibility index (Phi) is 6.21. The number of likely N-dealkylation sites (N-methyl/N-ethyl adjacent to an activating group) is 1. The Bertz CT molecular complexity index is 949. The van der Waals surface area contributed by atoms with Crippen molar-refractivity contribution in [3.8, 4) is 0 Å². The van der Waals surface area contributed by atoms with E-state index in [4.69, 9.17) is 0 Å². The van der Waals surface area contributed by atoms with E-state index < -0.39 is 29.5 Å². The van der Waals surface area contributed by atoms with Crippen molar-refractivity contribution in [2.75, 3.05) is 12.4 Å². The van der Waals surface area contributed by atoms with Crippen molar-refractivity contribution in [3.05, 3.63) is 65.2 Å². The van der Waals surface area contributed by atoms with Crippen LogP contribution in [0.5, 0.6) is 0 Å². The van der Waals surface area contributed by atoms with E-state index in [0.29, 0.717) is 12.8 Å². The van der Waals surface area contributed by atoms with Gasteiger partial charge < -0.3 is 16.0 Å². The van der Waals surface area contributed by atoms with Crippen molar-refractivity contribution in [2.24, 2.45) is 5.92 Å². The molecule has 2 atom stereocenters. The Balaban J connectivity index is 1.64. The van der Waals surface area contributed by atoms with Gasteiger partial charge in [0.15, 0.2) is 11.6 Å². The zero-order chi connectivity index (χ0) is 21.0. The maximum absolute atomic E-state index is 13.5. The first-order valence-corrected chi connectivity index (χ1v) is 9.23. The van der Waals surface area contributed by atoms with E-state index in [1.165, 1.54) is 13.1 Å². The van der Waals surface area contributed by atoms with Crippen molar-refractivity contribution in [1.82, 2.24) is 10.6 Å². The number of nitrogens with one attached hydrogen (secondary N) is 3. The molecule has 8 heteroatoms. The van der Waals surface area contributed by atoms with Gasteiger partial charge in [-0.2, -0.15) is 0 Å². The molecule has 0 aliphatic carbocycles. The first-order valence-electron chi connectivity index (χ1n) is 9.23. The summed E-state index contributed by atoms with van der Waals surface area (Å²) in [5.41, 5.74) is 1.90. The Labute approximate surface area is 166 Å². The lowest BCUT2D eigenvalue weighted by Crippen LogP contribution is -2.39. The maximum atomic E-state index is 13.5. The predicted octanol–water partition coefficient (Wildman–Crippen LogP) is 2.46. The molecule has 1 heterocycles. The summed E-state index contributed by atoms with van der Waals surface area (Å²) in [4.78, 5) is 36.8. The number of hydrogen-bond donors (Lipinski definition) is 3. The highest BCUT2D eigenvalue weighted by Crippen LogP contribution is 2.27. The summed E-state index contributed by atoms with van der Waals surface area (Å²) in [6.45, 7) is 0. The van der Waals surface area contributed by atoms with Crippen LogP contribution in [0.4, 0.5) is 14.5 Å². The average Bonchev–Trinajstić information content (AvgIpc) is 2.72. The molecule has 3 rings (SSSR count). The van der Waals surface area contributed by atoms with Crippen molar-refractivity contribution in [1.29, 1.82) is 0 Å². The lowest BCUT2D eigenvalue weighted by molar-refractivity contribution is -0.129. The van der Waals surface area contributed by atoms with Crippen LogP contribution in [-0.2, 0) is 20.8 Å². The number of para-hydroxylation sites is 1. The lowest BCUT2D eigenvalue weighted by atomic mass is 9.89. The molecule has 3 amide bonds. The van der Waals surface area contributed by atoms with Gasteiger partial charge in [0.1, 0.15) is 6.04 Å². The molecule has 0 spiro atoms. The summed E-state index contributed by atoms with van der Waals surface area (Å²) in [5, 5.41) is 7.75. The number of rotatable bonds is 6. The van der Waals surface area contributed by atoms with Gasteiger partial charge in [-0.1, -0.05) is 24.3 Å². The summed E-state index contributed by atoms with van der Waals surface area (Å²) in [5.74, 6) is -3.69. The molecule has 2 aromatic rings. The summed E-state index contributed by atoms with van der Waals surface area (Å²) in [7, 11) is 1.38. The van der Waals surface area contributed by atoms with Gasteiger partial charge in [-0.25, -0.2) is 8.78 Å². The van der Waals surface area contributed by atoms with Gasteiger partial charge in [0.05, 0.1) is 0 Å². The molecule has 0 bridgehead atoms. The third-order valence-corrected chi connectivity index (χ3v) is 4.92. The topological polar surface area (TPSA) is 87.3 Å². The molecule has 2 aromatic carbocycles. The average molecular weight is 401 g/mol. The normalized spacial score (nSPS) is 16.4. The molecule has 152 valence electrons. The Hall–Kier alpha value is -3.29. The van der Waals surface area contributed by atoms with E-state index in [0.717, 1.165) is 23.4 Å². The summed E-state index contributed by atoms with van der Waals surface area (Å²) in [6, 6.07) is 9.32. The van der Waals surface area contributed by atoms with E-state index in [9.17, 15) is 23.2 Å². The standard InChI is InChI=1S/C21H21F2N3O3/c1-24-21(29)19(13-6-8-15(22)16(23)11-13)26-18(27)9-7-14-10-12-4-2-3-5-17(12)25-20(14)28/h2-6,8,11,14,19H,7,9-10H2,1H3,(H,24,29)(H,25,28)(H,26,27). The minimum absolute atomic E-state index is 0.0113. The Morgan fingerprint density at radius 2 is 1.93 bits per heavy atom. The van der Waals surface area contributed by atoms with Gasteiger partial charge in [-0.15, -0.1) is 0 Å². The number of fused-ring (bicyclic) bond motifs is 1. The highest BCUT2D eigenvalue weighted by molar-refractivity contribution is 5.96. The van der Waals surface area contributed by atoms with Crippen LogP contribution >= 0.6 is 0 Å². The zero-order valence-corrected chi connectivity index (χ0v) is 15.8. The number of benzene rings is 2. The molecule has 2 unspecified atom stereocenters. The molecule has 0 aromatic heterocycles. The lowest BCUT2D eigenvalue weighted by Gasteiger charge is -2.24. The van der Waals surface area contributed by atoms with Crippen LogP contribution in [0.2, 0.25) is 0 Å². The number of amides is 3. The van der Waals surface area contributed by atoms with Gasteiger partial charge in [-0.05, 0) is 42.2 Å². The predicted molar refractivity (Wildman–Crippen MR) is 103 cm³/mol. The van der Waals surface area contributed by atoms with Crippen LogP contribution in [0.25, 0.3) is 0 Å². The van der Waals surface area contributed by atoms with Gasteiger partial charge in [-0.3, -0.25) is 14.4 Å². The maximum Gasteiger partial charge on any atom is 0.246 e. The fraction of sp³-hybridized carbons (Fsp3) is 0.286. The fourth-order valence-corrected chi connectivity index (χ4v) is 3.32. The van der Waals surface area contributed by atoms with Crippen LogP contribution in [-0.4, -0.2) is 24.8 Å². The smallest absolute Gasteiger partial charge is 0.246 e. The molecule has 1 aliphatic heterocycles. The van der Waals surface area contributed by atoms with E-state index in [1.54, 1.807) is 0 Å². The second kappa shape index (κ2) is 8.81. The number of halogens is 2. The first-order chi connectivity index (χ1) is 13.9. The quantitative estimate of drug-likeness (QED) is 0.695. The minimum atomic E-state index is -1.16. The molecule has 6 nitrogen and oxygen atoms in total. The van der Waals surface area contributed by atoms with E-state index >= 15 is 0 Å². The molecule has 1 aliphatic rings. The van der Waals surface area contributed by atoms with Crippen LogP contribution < -0.4 is 16.0 Å². The second-order valence-corrected chi connectivity index (χ2v) is 6.87. The van der Waals surface area contributed by atoms with Gasteiger partial charge in [0.2, 0.25) is 17.7 Å². The minimum Gasteiger partial charge on any atom is -0.357 e. The second-order valence-electron chi connectivity index (χ2n) is 6.87. The third-order valence-electron chi connectivity index (χ3n) is 4.92. The monoisotopic (exact) mass is 401 g/mol. The zero-order valence-electron chi connectivity index (χ0n) is 15.8. The van der Waals surface area contributed by atoms with Gasteiger partial charge in [0.25, 0.3) is 0 Å². The molecule has 0 saturated heterocycles. The highest BCUT2D eigenvalue weighted by atomic mass is 19.2. The Morgan fingerprint density at radius 1 is 1.17 bits per heavy atom. The van der Waals surface area contributed by atoms with Crippen molar-refractivity contribution in [2.45, 2.75) is 25.3 Å². The molecule has 0 saturated carbocycles. The molecule has 0 radical (unpaired) electrons. The summed E-state index contributed by atoms with van der Waals surface area (Å²) < 4.78 is 26.7. The van der Waals surface area contributed by atoms with Crippen LogP contribution in [0.1, 0.15) is 30.0 Å². The third kappa shape index (κ3) is 4.77. The van der Waals surface area contributed by atoms with Crippen molar-refractivity contribution < 1.29 is 23.2 Å². The molecule has 3 N–H and O–H groups in total. The number of carbonyl (C=O) groups is 3. The summed E-state index contributed by atoms with van der Waals surface area (Å²) >= 11 is 0. The SMILES string of the molecule is CNC(=O)C(NC(=O)CCC1Cc2ccccc2NC1=O)c1ccc(F)c(F)c1. The number of hydrogen-bond acceptors (Lipinski definition) is 3. The van der Waals surface area contributed by atoms with Gasteiger partial charge in [0, 0.05) is 25.1 Å². The van der Waals surface area contributed by atoms with E-state index in [2.05, 4.69) is 16.0 Å². The van der Waals surface area contributed by atoms with Crippen LogP contribution in [0.3, 0.4) is 0 Å². The van der Waals surface area contributed by atoms with Gasteiger partial charge >= 0.3 is 0 Å². The van der Waals surface area contributed by atoms with E-state index in [1.807, 2.05) is 24.3 Å². The van der Waals surface area contributed by atoms with Crippen molar-refractivity contribution in [3.63, 3.8) is 0 Å². The summed E-state index contributed by atoms with van der Waals surface area (Å²) in [6.07, 6.45) is 0.832. The number of anilines is 1. The number of carbonyl (C=O) groups excluding carboxylic acids is 3. The molecular weight excluding hydrogens is 380 g/mol.